The third-order valence-electron chi connectivity index (χ3n) is 2.78. The quantitative estimate of drug-likeness (QED) is 0.701. The Kier molecular flexibility index (Phi) is 4.59. The lowest BCUT2D eigenvalue weighted by atomic mass is 9.95. The van der Waals surface area contributed by atoms with Crippen molar-refractivity contribution in [2.75, 3.05) is 5.32 Å². The zero-order valence-electron chi connectivity index (χ0n) is 11.3. The molecule has 4 heteroatoms. The van der Waals surface area contributed by atoms with E-state index in [1.807, 2.05) is 29.5 Å². The van der Waals surface area contributed by atoms with E-state index < -0.39 is 0 Å². The zero-order chi connectivity index (χ0) is 14.0. The second kappa shape index (κ2) is 5.86. The summed E-state index contributed by atoms with van der Waals surface area (Å²) in [5.41, 5.74) is 1.18. The molecule has 0 saturated carbocycles. The summed E-state index contributed by atoms with van der Waals surface area (Å²) in [5.74, 6) is 0. The largest absolute Gasteiger partial charge is 0.379 e. The van der Waals surface area contributed by atoms with Crippen LogP contribution >= 0.6 is 38.9 Å². The smallest absolute Gasteiger partial charge is 0.0638 e. The molecule has 0 amide bonds. The first kappa shape index (κ1) is 14.9. The van der Waals surface area contributed by atoms with Gasteiger partial charge in [0.25, 0.3) is 0 Å². The summed E-state index contributed by atoms with van der Waals surface area (Å²) < 4.78 is 1.03. The third kappa shape index (κ3) is 3.98. The first-order chi connectivity index (χ1) is 8.86. The average Bonchev–Trinajstić information content (AvgIpc) is 2.79. The van der Waals surface area contributed by atoms with Gasteiger partial charge in [-0.05, 0) is 35.7 Å². The molecule has 2 rings (SSSR count). The van der Waals surface area contributed by atoms with Gasteiger partial charge in [-0.15, -0.1) is 11.3 Å². The summed E-state index contributed by atoms with van der Waals surface area (Å²) in [7, 11) is 0. The van der Waals surface area contributed by atoms with Crippen molar-refractivity contribution in [3.05, 3.63) is 49.6 Å². The Morgan fingerprint density at radius 1 is 1.21 bits per heavy atom. The van der Waals surface area contributed by atoms with Gasteiger partial charge in [0.2, 0.25) is 0 Å². The van der Waals surface area contributed by atoms with E-state index in [4.69, 9.17) is 11.6 Å². The molecule has 19 heavy (non-hydrogen) atoms. The Hall–Kier alpha value is -0.510. The summed E-state index contributed by atoms with van der Waals surface area (Å²) >= 11 is 11.5. The molecule has 0 atom stereocenters. The van der Waals surface area contributed by atoms with Crippen LogP contribution in [0.25, 0.3) is 0 Å². The molecule has 0 aliphatic carbocycles. The molecule has 1 aromatic carbocycles. The molecule has 1 aromatic heterocycles. The number of thiophene rings is 1. The molecule has 0 bridgehead atoms. The van der Waals surface area contributed by atoms with Crippen LogP contribution in [-0.4, -0.2) is 0 Å². The average molecular weight is 359 g/mol. The maximum atomic E-state index is 6.16. The summed E-state index contributed by atoms with van der Waals surface area (Å²) in [4.78, 5) is 2.73. The number of hydrogen-bond donors (Lipinski definition) is 1. The maximum Gasteiger partial charge on any atom is 0.0638 e. The van der Waals surface area contributed by atoms with Gasteiger partial charge in [-0.1, -0.05) is 48.3 Å². The normalized spacial score (nSPS) is 11.6. The van der Waals surface area contributed by atoms with Crippen LogP contribution in [0.3, 0.4) is 0 Å². The first-order valence-corrected chi connectivity index (χ1v) is 8.13. The highest BCUT2D eigenvalue weighted by Crippen LogP contribution is 2.31. The fraction of sp³-hybridized carbons (Fsp3) is 0.333. The molecule has 0 fully saturated rings. The van der Waals surface area contributed by atoms with Gasteiger partial charge in [0.1, 0.15) is 0 Å². The number of nitrogens with one attached hydrogen (secondary N) is 1. The molecular weight excluding hydrogens is 342 g/mol. The molecule has 0 aliphatic heterocycles. The summed E-state index contributed by atoms with van der Waals surface area (Å²) in [5, 5.41) is 4.13. The number of anilines is 1. The molecule has 1 heterocycles. The van der Waals surface area contributed by atoms with Gasteiger partial charge < -0.3 is 5.32 Å². The minimum absolute atomic E-state index is 0.219. The molecule has 2 aromatic rings. The predicted molar refractivity (Wildman–Crippen MR) is 89.5 cm³/mol. The summed E-state index contributed by atoms with van der Waals surface area (Å²) in [6, 6.07) is 10.2. The van der Waals surface area contributed by atoms with Crippen LogP contribution in [0.2, 0.25) is 5.02 Å². The van der Waals surface area contributed by atoms with Crippen LogP contribution < -0.4 is 5.32 Å². The first-order valence-electron chi connectivity index (χ1n) is 6.14. The van der Waals surface area contributed by atoms with Crippen LogP contribution in [-0.2, 0) is 12.0 Å². The van der Waals surface area contributed by atoms with Crippen LogP contribution in [0.5, 0.6) is 0 Å². The molecule has 0 spiro atoms. The van der Waals surface area contributed by atoms with E-state index in [2.05, 4.69) is 54.2 Å². The van der Waals surface area contributed by atoms with Gasteiger partial charge in [0.15, 0.2) is 0 Å². The second-order valence-electron chi connectivity index (χ2n) is 5.49. The van der Waals surface area contributed by atoms with Crippen LogP contribution in [0.1, 0.15) is 30.5 Å². The highest BCUT2D eigenvalue weighted by atomic mass is 79.9. The van der Waals surface area contributed by atoms with Crippen molar-refractivity contribution in [1.82, 2.24) is 0 Å². The molecular formula is C15H17BrClNS. The van der Waals surface area contributed by atoms with Crippen molar-refractivity contribution in [2.45, 2.75) is 32.7 Å². The molecule has 0 saturated heterocycles. The van der Waals surface area contributed by atoms with Crippen molar-refractivity contribution in [3.63, 3.8) is 0 Å². The number of benzene rings is 1. The van der Waals surface area contributed by atoms with Crippen LogP contribution in [0.4, 0.5) is 5.69 Å². The fourth-order valence-corrected chi connectivity index (χ4v) is 3.24. The highest BCUT2D eigenvalue weighted by Gasteiger charge is 2.15. The maximum absolute atomic E-state index is 6.16. The highest BCUT2D eigenvalue weighted by molar-refractivity contribution is 9.10. The van der Waals surface area contributed by atoms with Crippen molar-refractivity contribution < 1.29 is 0 Å². The van der Waals surface area contributed by atoms with Gasteiger partial charge in [-0.25, -0.2) is 0 Å². The molecule has 1 nitrogen and oxygen atoms in total. The lowest BCUT2D eigenvalue weighted by molar-refractivity contribution is 0.604. The van der Waals surface area contributed by atoms with Gasteiger partial charge in [0, 0.05) is 20.8 Å². The standard InChI is InChI=1S/C15H17BrClNS/c1-15(2,3)14-7-5-11(19-14)9-18-13-8-10(16)4-6-12(13)17/h4-8,18H,9H2,1-3H3. The Bertz CT molecular complexity index is 572. The van der Waals surface area contributed by atoms with E-state index in [-0.39, 0.29) is 5.41 Å². The van der Waals surface area contributed by atoms with Crippen LogP contribution in [0.15, 0.2) is 34.8 Å². The Balaban J connectivity index is 2.06. The second-order valence-corrected chi connectivity index (χ2v) is 7.98. The van der Waals surface area contributed by atoms with Crippen molar-refractivity contribution in [1.29, 1.82) is 0 Å². The Morgan fingerprint density at radius 3 is 2.58 bits per heavy atom. The molecule has 1 N–H and O–H groups in total. The number of hydrogen-bond acceptors (Lipinski definition) is 2. The molecule has 0 aliphatic rings. The topological polar surface area (TPSA) is 12.0 Å². The van der Waals surface area contributed by atoms with Gasteiger partial charge >= 0.3 is 0 Å². The molecule has 0 radical (unpaired) electrons. The minimum atomic E-state index is 0.219. The summed E-state index contributed by atoms with van der Waals surface area (Å²) in [6.07, 6.45) is 0. The van der Waals surface area contributed by atoms with Crippen molar-refractivity contribution in [3.8, 4) is 0 Å². The van der Waals surface area contributed by atoms with Gasteiger partial charge in [-0.2, -0.15) is 0 Å². The number of halogens is 2. The number of rotatable bonds is 3. The van der Waals surface area contributed by atoms with E-state index in [9.17, 15) is 0 Å². The van der Waals surface area contributed by atoms with Crippen LogP contribution in [0, 0.1) is 0 Å². The van der Waals surface area contributed by atoms with E-state index in [0.717, 1.165) is 21.7 Å². The molecule has 102 valence electrons. The Labute approximate surface area is 132 Å². The Morgan fingerprint density at radius 2 is 1.95 bits per heavy atom. The van der Waals surface area contributed by atoms with E-state index in [1.165, 1.54) is 9.75 Å². The predicted octanol–water partition coefficient (Wildman–Crippen LogP) is 6.07. The SMILES string of the molecule is CC(C)(C)c1ccc(CNc2cc(Br)ccc2Cl)s1. The van der Waals surface area contributed by atoms with E-state index >= 15 is 0 Å². The monoisotopic (exact) mass is 357 g/mol. The lowest BCUT2D eigenvalue weighted by Crippen LogP contribution is -2.07. The van der Waals surface area contributed by atoms with E-state index in [1.54, 1.807) is 0 Å². The zero-order valence-corrected chi connectivity index (χ0v) is 14.4. The van der Waals surface area contributed by atoms with Gasteiger partial charge in [0.05, 0.1) is 10.7 Å². The third-order valence-corrected chi connectivity index (χ3v) is 5.12. The fourth-order valence-electron chi connectivity index (χ4n) is 1.69. The van der Waals surface area contributed by atoms with E-state index in [0.29, 0.717) is 0 Å². The molecule has 0 unspecified atom stereocenters. The van der Waals surface area contributed by atoms with Gasteiger partial charge in [-0.3, -0.25) is 0 Å². The lowest BCUT2D eigenvalue weighted by Gasteiger charge is -2.15. The van der Waals surface area contributed by atoms with Crippen molar-refractivity contribution >= 4 is 44.6 Å². The minimum Gasteiger partial charge on any atom is -0.379 e. The van der Waals surface area contributed by atoms with Crippen molar-refractivity contribution in [2.24, 2.45) is 0 Å². The summed E-state index contributed by atoms with van der Waals surface area (Å²) in [6.45, 7) is 7.51.